The van der Waals surface area contributed by atoms with Crippen LogP contribution in [0, 0.1) is 6.92 Å². The predicted octanol–water partition coefficient (Wildman–Crippen LogP) is 2.00. The summed E-state index contributed by atoms with van der Waals surface area (Å²) in [5.74, 6) is 0.0806. The molecule has 2 aromatic rings. The molecule has 8 nitrogen and oxygen atoms in total. The third-order valence-corrected chi connectivity index (χ3v) is 5.15. The number of nitrogens with zero attached hydrogens (tertiary/aromatic N) is 2. The molecule has 0 saturated carbocycles. The van der Waals surface area contributed by atoms with E-state index >= 15 is 0 Å². The summed E-state index contributed by atoms with van der Waals surface area (Å²) in [6.07, 6.45) is 5.14. The van der Waals surface area contributed by atoms with Crippen LogP contribution in [0.15, 0.2) is 23.0 Å². The van der Waals surface area contributed by atoms with Crippen molar-refractivity contribution in [3.05, 3.63) is 34.4 Å². The van der Waals surface area contributed by atoms with E-state index in [0.29, 0.717) is 29.1 Å². The van der Waals surface area contributed by atoms with Gasteiger partial charge in [0.15, 0.2) is 0 Å². The fourth-order valence-corrected chi connectivity index (χ4v) is 3.67. The van der Waals surface area contributed by atoms with Crippen molar-refractivity contribution in [2.45, 2.75) is 57.9 Å². The number of ether oxygens (including phenoxy) is 1. The highest BCUT2D eigenvalue weighted by molar-refractivity contribution is 5.99. The molecule has 156 valence electrons. The molecule has 0 radical (unpaired) electrons. The van der Waals surface area contributed by atoms with Crippen molar-refractivity contribution in [1.29, 1.82) is 0 Å². The fourth-order valence-electron chi connectivity index (χ4n) is 3.67. The number of amides is 2. The quantitative estimate of drug-likeness (QED) is 0.491. The molecule has 1 aliphatic rings. The molecule has 0 aliphatic carbocycles. The Labute approximate surface area is 168 Å². The summed E-state index contributed by atoms with van der Waals surface area (Å²) in [6.45, 7) is 2.38. The monoisotopic (exact) mass is 401 g/mol. The standard InChI is InChI=1S/C21H27N3O5/c1-14-22-15-8-7-9-17(29-13-6-4-2-3-5-12-25)19(15)21(28)24(14)16-10-11-18(26)23-20(16)27/h7-9,16,25H,2-6,10-13H2,1H3,(H,23,26,27). The van der Waals surface area contributed by atoms with E-state index in [1.54, 1.807) is 25.1 Å². The van der Waals surface area contributed by atoms with Gasteiger partial charge in [-0.25, -0.2) is 4.98 Å². The maximum Gasteiger partial charge on any atom is 0.265 e. The van der Waals surface area contributed by atoms with Crippen LogP contribution in [-0.2, 0) is 9.59 Å². The zero-order valence-corrected chi connectivity index (χ0v) is 16.6. The van der Waals surface area contributed by atoms with Crippen molar-refractivity contribution in [3.63, 3.8) is 0 Å². The van der Waals surface area contributed by atoms with Gasteiger partial charge < -0.3 is 9.84 Å². The molecular weight excluding hydrogens is 374 g/mol. The Balaban J connectivity index is 1.82. The van der Waals surface area contributed by atoms with Crippen molar-refractivity contribution in [3.8, 4) is 5.75 Å². The molecule has 2 N–H and O–H groups in total. The van der Waals surface area contributed by atoms with Crippen molar-refractivity contribution < 1.29 is 19.4 Å². The lowest BCUT2D eigenvalue weighted by molar-refractivity contribution is -0.135. The number of aliphatic hydroxyl groups is 1. The minimum absolute atomic E-state index is 0.189. The van der Waals surface area contributed by atoms with E-state index in [1.807, 2.05) is 0 Å². The number of fused-ring (bicyclic) bond motifs is 1. The van der Waals surface area contributed by atoms with Crippen molar-refractivity contribution in [2.24, 2.45) is 0 Å². The van der Waals surface area contributed by atoms with Gasteiger partial charge in [0.1, 0.15) is 23.0 Å². The van der Waals surface area contributed by atoms with Gasteiger partial charge >= 0.3 is 0 Å². The zero-order chi connectivity index (χ0) is 20.8. The molecule has 2 amide bonds. The van der Waals surface area contributed by atoms with Crippen LogP contribution in [0.2, 0.25) is 0 Å². The molecule has 3 rings (SSSR count). The molecule has 1 fully saturated rings. The van der Waals surface area contributed by atoms with Crippen LogP contribution in [0.3, 0.4) is 0 Å². The van der Waals surface area contributed by atoms with Crippen LogP contribution in [-0.4, -0.2) is 39.7 Å². The first-order chi connectivity index (χ1) is 14.0. The molecule has 0 spiro atoms. The van der Waals surface area contributed by atoms with Gasteiger partial charge in [-0.05, 0) is 38.3 Å². The maximum atomic E-state index is 13.3. The third-order valence-electron chi connectivity index (χ3n) is 5.15. The van der Waals surface area contributed by atoms with Crippen LogP contribution in [0.1, 0.15) is 56.8 Å². The molecule has 2 heterocycles. The highest BCUT2D eigenvalue weighted by atomic mass is 16.5. The summed E-state index contributed by atoms with van der Waals surface area (Å²) in [5.41, 5.74) is 0.192. The number of piperidine rings is 1. The highest BCUT2D eigenvalue weighted by Crippen LogP contribution is 2.25. The normalized spacial score (nSPS) is 16.8. The van der Waals surface area contributed by atoms with E-state index in [2.05, 4.69) is 10.3 Å². The number of imide groups is 1. The average molecular weight is 401 g/mol. The Kier molecular flexibility index (Phi) is 6.98. The highest BCUT2D eigenvalue weighted by Gasteiger charge is 2.30. The second kappa shape index (κ2) is 9.65. The van der Waals surface area contributed by atoms with Crippen LogP contribution in [0.4, 0.5) is 0 Å². The summed E-state index contributed by atoms with van der Waals surface area (Å²) in [7, 11) is 0. The molecule has 1 aliphatic heterocycles. The van der Waals surface area contributed by atoms with E-state index in [-0.39, 0.29) is 30.9 Å². The van der Waals surface area contributed by atoms with Crippen LogP contribution in [0.5, 0.6) is 5.75 Å². The summed E-state index contributed by atoms with van der Waals surface area (Å²) in [6, 6.07) is 4.53. The number of hydrogen-bond acceptors (Lipinski definition) is 6. The lowest BCUT2D eigenvalue weighted by atomic mass is 10.1. The van der Waals surface area contributed by atoms with E-state index in [9.17, 15) is 14.4 Å². The summed E-state index contributed by atoms with van der Waals surface area (Å²) < 4.78 is 7.24. The second-order valence-corrected chi connectivity index (χ2v) is 7.29. The molecule has 1 aromatic carbocycles. The van der Waals surface area contributed by atoms with Crippen molar-refractivity contribution >= 4 is 22.7 Å². The number of unbranched alkanes of at least 4 members (excludes halogenated alkanes) is 4. The van der Waals surface area contributed by atoms with E-state index in [1.165, 1.54) is 4.57 Å². The van der Waals surface area contributed by atoms with Gasteiger partial charge in [-0.1, -0.05) is 25.3 Å². The van der Waals surface area contributed by atoms with E-state index < -0.39 is 11.9 Å². The molecule has 29 heavy (non-hydrogen) atoms. The van der Waals surface area contributed by atoms with Gasteiger partial charge in [-0.3, -0.25) is 24.3 Å². The van der Waals surface area contributed by atoms with Crippen LogP contribution < -0.4 is 15.6 Å². The minimum Gasteiger partial charge on any atom is -0.493 e. The number of benzene rings is 1. The molecule has 8 heteroatoms. The van der Waals surface area contributed by atoms with Gasteiger partial charge in [0.2, 0.25) is 11.8 Å². The van der Waals surface area contributed by atoms with Gasteiger partial charge in [0, 0.05) is 13.0 Å². The van der Waals surface area contributed by atoms with Crippen molar-refractivity contribution in [2.75, 3.05) is 13.2 Å². The average Bonchev–Trinajstić information content (AvgIpc) is 2.68. The first-order valence-electron chi connectivity index (χ1n) is 10.1. The lowest BCUT2D eigenvalue weighted by Gasteiger charge is -2.24. The van der Waals surface area contributed by atoms with Crippen molar-refractivity contribution in [1.82, 2.24) is 14.9 Å². The fraction of sp³-hybridized carbons (Fsp3) is 0.524. The number of aromatic nitrogens is 2. The van der Waals surface area contributed by atoms with Crippen LogP contribution in [0.25, 0.3) is 10.9 Å². The number of carbonyl (C=O) groups is 2. The SMILES string of the molecule is Cc1nc2cccc(OCCCCCCCO)c2c(=O)n1C1CCC(=O)NC1=O. The largest absolute Gasteiger partial charge is 0.493 e. The minimum atomic E-state index is -0.753. The van der Waals surface area contributed by atoms with E-state index in [0.717, 1.165) is 32.1 Å². The summed E-state index contributed by atoms with van der Waals surface area (Å²) >= 11 is 0. The Morgan fingerprint density at radius 1 is 1.17 bits per heavy atom. The van der Waals surface area contributed by atoms with Gasteiger partial charge in [0.25, 0.3) is 5.56 Å². The Morgan fingerprint density at radius 2 is 1.93 bits per heavy atom. The smallest absolute Gasteiger partial charge is 0.265 e. The van der Waals surface area contributed by atoms with E-state index in [4.69, 9.17) is 9.84 Å². The Bertz CT molecular complexity index is 953. The number of hydrogen-bond donors (Lipinski definition) is 2. The number of aliphatic hydroxyl groups excluding tert-OH is 1. The number of nitrogens with one attached hydrogen (secondary N) is 1. The van der Waals surface area contributed by atoms with Gasteiger partial charge in [0.05, 0.1) is 12.1 Å². The van der Waals surface area contributed by atoms with Crippen LogP contribution >= 0.6 is 0 Å². The number of aryl methyl sites for hydroxylation is 1. The molecule has 1 aromatic heterocycles. The third kappa shape index (κ3) is 4.82. The Morgan fingerprint density at radius 3 is 2.69 bits per heavy atom. The lowest BCUT2D eigenvalue weighted by Crippen LogP contribution is -2.45. The number of carbonyl (C=O) groups excluding carboxylic acids is 2. The zero-order valence-electron chi connectivity index (χ0n) is 16.6. The molecule has 1 atom stereocenters. The first kappa shape index (κ1) is 21.0. The maximum absolute atomic E-state index is 13.3. The summed E-state index contributed by atoms with van der Waals surface area (Å²) in [4.78, 5) is 41.5. The molecular formula is C21H27N3O5. The molecule has 1 unspecified atom stereocenters. The predicted molar refractivity (Wildman–Crippen MR) is 108 cm³/mol. The first-order valence-corrected chi connectivity index (χ1v) is 10.1. The van der Waals surface area contributed by atoms with Gasteiger partial charge in [-0.15, -0.1) is 0 Å². The number of rotatable bonds is 9. The Hall–Kier alpha value is -2.74. The topological polar surface area (TPSA) is 111 Å². The molecule has 1 saturated heterocycles. The van der Waals surface area contributed by atoms with Gasteiger partial charge in [-0.2, -0.15) is 0 Å². The molecule has 0 bridgehead atoms. The summed E-state index contributed by atoms with van der Waals surface area (Å²) in [5, 5.41) is 11.5. The second-order valence-electron chi connectivity index (χ2n) is 7.29.